The fraction of sp³-hybridized carbons (Fsp3) is 0.400. The van der Waals surface area contributed by atoms with Crippen LogP contribution in [0, 0.1) is 6.92 Å². The van der Waals surface area contributed by atoms with Gasteiger partial charge in [0.2, 0.25) is 0 Å². The van der Waals surface area contributed by atoms with Crippen LogP contribution >= 0.6 is 11.6 Å². The molecule has 5 nitrogen and oxygen atoms in total. The number of Topliss-reactive ketones (excluding diaryl/α,β-unsaturated/α-hetero) is 1. The molecule has 1 aromatic rings. The zero-order valence-electron chi connectivity index (χ0n) is 11.9. The maximum Gasteiger partial charge on any atom is 0.305 e. The van der Waals surface area contributed by atoms with Gasteiger partial charge in [-0.25, -0.2) is 0 Å². The normalized spacial score (nSPS) is 13.6. The number of nitrogens with zero attached hydrogens (tertiary/aromatic N) is 1. The summed E-state index contributed by atoms with van der Waals surface area (Å²) in [6, 6.07) is 3.22. The van der Waals surface area contributed by atoms with E-state index in [0.717, 1.165) is 5.56 Å². The molecule has 0 aromatic heterocycles. The fourth-order valence-corrected chi connectivity index (χ4v) is 2.71. The lowest BCUT2D eigenvalue weighted by Gasteiger charge is -2.18. The second-order valence-corrected chi connectivity index (χ2v) is 5.25. The predicted molar refractivity (Wildman–Crippen MR) is 78.7 cm³/mol. The van der Waals surface area contributed by atoms with Gasteiger partial charge >= 0.3 is 5.97 Å². The van der Waals surface area contributed by atoms with Crippen molar-refractivity contribution in [3.63, 3.8) is 0 Å². The maximum atomic E-state index is 12.0. The van der Waals surface area contributed by atoms with Gasteiger partial charge in [-0.3, -0.25) is 14.4 Å². The van der Waals surface area contributed by atoms with E-state index in [2.05, 4.69) is 0 Å². The Balaban J connectivity index is 2.14. The maximum absolute atomic E-state index is 12.0. The minimum atomic E-state index is -0.570. The average molecular weight is 310 g/mol. The molecule has 0 bridgehead atoms. The number of hydrogen-bond acceptors (Lipinski definition) is 4. The van der Waals surface area contributed by atoms with Crippen molar-refractivity contribution in [2.24, 2.45) is 0 Å². The Bertz CT molecular complexity index is 612. The topological polar surface area (TPSA) is 63.7 Å². The number of ketones is 1. The summed E-state index contributed by atoms with van der Waals surface area (Å²) in [6.07, 6.45) is 0.660. The van der Waals surface area contributed by atoms with Crippen LogP contribution in [0.1, 0.15) is 35.7 Å². The molecule has 0 saturated heterocycles. The number of rotatable bonds is 5. The van der Waals surface area contributed by atoms with E-state index in [9.17, 15) is 14.4 Å². The molecular formula is C15H16ClNO4. The Morgan fingerprint density at radius 2 is 2.05 bits per heavy atom. The van der Waals surface area contributed by atoms with E-state index in [0.29, 0.717) is 35.8 Å². The van der Waals surface area contributed by atoms with E-state index in [1.54, 1.807) is 19.9 Å². The summed E-state index contributed by atoms with van der Waals surface area (Å²) < 4.78 is 4.84. The number of carbonyl (C=O) groups is 3. The summed E-state index contributed by atoms with van der Waals surface area (Å²) in [7, 11) is 0. The second kappa shape index (κ2) is 6.26. The van der Waals surface area contributed by atoms with Gasteiger partial charge in [-0.05, 0) is 38.0 Å². The van der Waals surface area contributed by atoms with Crippen LogP contribution in [0.5, 0.6) is 0 Å². The third-order valence-electron chi connectivity index (χ3n) is 3.29. The van der Waals surface area contributed by atoms with Crippen LogP contribution in [0.2, 0.25) is 5.02 Å². The predicted octanol–water partition coefficient (Wildman–Crippen LogP) is 2.52. The van der Waals surface area contributed by atoms with Crippen molar-refractivity contribution in [3.05, 3.63) is 28.3 Å². The van der Waals surface area contributed by atoms with Gasteiger partial charge in [-0.15, -0.1) is 0 Å². The summed E-state index contributed by atoms with van der Waals surface area (Å²) >= 11 is 5.93. The molecule has 0 radical (unpaired) electrons. The molecule has 0 aliphatic carbocycles. The number of anilines is 1. The lowest BCUT2D eigenvalue weighted by atomic mass is 10.1. The van der Waals surface area contributed by atoms with Crippen molar-refractivity contribution in [2.45, 2.75) is 26.7 Å². The summed E-state index contributed by atoms with van der Waals surface area (Å²) in [5.41, 5.74) is 1.70. The van der Waals surface area contributed by atoms with E-state index in [1.807, 2.05) is 0 Å². The summed E-state index contributed by atoms with van der Waals surface area (Å²) in [5.74, 6) is -1.42. The largest absolute Gasteiger partial charge is 0.466 e. The van der Waals surface area contributed by atoms with Gasteiger partial charge in [0, 0.05) is 18.0 Å². The smallest absolute Gasteiger partial charge is 0.305 e. The van der Waals surface area contributed by atoms with Crippen molar-refractivity contribution in [1.29, 1.82) is 0 Å². The number of amides is 1. The molecule has 1 aliphatic heterocycles. The number of ether oxygens (including phenoxy) is 1. The number of aryl methyl sites for hydroxylation is 1. The highest BCUT2D eigenvalue weighted by Gasteiger charge is 2.36. The van der Waals surface area contributed by atoms with Gasteiger partial charge in [-0.2, -0.15) is 0 Å². The number of hydrogen-bond donors (Lipinski definition) is 0. The SMILES string of the molecule is CCOC(=O)CCCN1C(=O)C(=O)c2cc(Cl)cc(C)c21. The summed E-state index contributed by atoms with van der Waals surface area (Å²) in [6.45, 7) is 4.18. The fourth-order valence-electron chi connectivity index (χ4n) is 2.43. The highest BCUT2D eigenvalue weighted by molar-refractivity contribution is 6.52. The number of fused-ring (bicyclic) bond motifs is 1. The Morgan fingerprint density at radius 1 is 1.33 bits per heavy atom. The lowest BCUT2D eigenvalue weighted by Crippen LogP contribution is -2.31. The van der Waals surface area contributed by atoms with Crippen LogP contribution in [-0.4, -0.2) is 30.8 Å². The number of benzene rings is 1. The van der Waals surface area contributed by atoms with E-state index in [-0.39, 0.29) is 12.4 Å². The first kappa shape index (κ1) is 15.5. The first-order chi connectivity index (χ1) is 9.95. The van der Waals surface area contributed by atoms with Crippen molar-refractivity contribution >= 4 is 34.9 Å². The highest BCUT2D eigenvalue weighted by atomic mass is 35.5. The molecule has 1 heterocycles. The van der Waals surface area contributed by atoms with Crippen LogP contribution in [0.25, 0.3) is 0 Å². The molecule has 1 aromatic carbocycles. The van der Waals surface area contributed by atoms with E-state index in [1.165, 1.54) is 11.0 Å². The van der Waals surface area contributed by atoms with Crippen molar-refractivity contribution < 1.29 is 19.1 Å². The number of esters is 1. The molecule has 2 rings (SSSR count). The van der Waals surface area contributed by atoms with Gasteiger partial charge in [0.05, 0.1) is 17.9 Å². The van der Waals surface area contributed by atoms with Gasteiger partial charge in [0.25, 0.3) is 11.7 Å². The van der Waals surface area contributed by atoms with E-state index in [4.69, 9.17) is 16.3 Å². The molecule has 0 fully saturated rings. The van der Waals surface area contributed by atoms with Crippen LogP contribution in [-0.2, 0) is 14.3 Å². The highest BCUT2D eigenvalue weighted by Crippen LogP contribution is 2.34. The summed E-state index contributed by atoms with van der Waals surface area (Å²) in [4.78, 5) is 36.7. The van der Waals surface area contributed by atoms with Crippen LogP contribution < -0.4 is 4.90 Å². The van der Waals surface area contributed by atoms with Crippen molar-refractivity contribution in [3.8, 4) is 0 Å². The van der Waals surface area contributed by atoms with Gasteiger partial charge in [-0.1, -0.05) is 11.6 Å². The van der Waals surface area contributed by atoms with Crippen LogP contribution in [0.15, 0.2) is 12.1 Å². The van der Waals surface area contributed by atoms with E-state index >= 15 is 0 Å². The quantitative estimate of drug-likeness (QED) is 0.619. The molecule has 112 valence electrons. The first-order valence-electron chi connectivity index (χ1n) is 6.77. The minimum Gasteiger partial charge on any atom is -0.466 e. The van der Waals surface area contributed by atoms with Crippen molar-refractivity contribution in [2.75, 3.05) is 18.1 Å². The Hall–Kier alpha value is -1.88. The molecule has 1 amide bonds. The summed E-state index contributed by atoms with van der Waals surface area (Å²) in [5, 5.41) is 0.431. The molecule has 1 aliphatic rings. The standard InChI is InChI=1S/C15H16ClNO4/c1-3-21-12(18)5-4-6-17-13-9(2)7-10(16)8-11(13)14(19)15(17)20/h7-8H,3-6H2,1-2H3. The average Bonchev–Trinajstić information content (AvgIpc) is 2.64. The van der Waals surface area contributed by atoms with E-state index < -0.39 is 11.7 Å². The van der Waals surface area contributed by atoms with Crippen molar-refractivity contribution in [1.82, 2.24) is 0 Å². The monoisotopic (exact) mass is 309 g/mol. The molecule has 0 N–H and O–H groups in total. The third-order valence-corrected chi connectivity index (χ3v) is 3.51. The Morgan fingerprint density at radius 3 is 2.71 bits per heavy atom. The zero-order valence-corrected chi connectivity index (χ0v) is 12.7. The molecule has 0 unspecified atom stereocenters. The van der Waals surface area contributed by atoms with Crippen LogP contribution in [0.4, 0.5) is 5.69 Å². The molecule has 21 heavy (non-hydrogen) atoms. The van der Waals surface area contributed by atoms with Crippen LogP contribution in [0.3, 0.4) is 0 Å². The molecule has 0 atom stereocenters. The Kier molecular flexibility index (Phi) is 4.63. The molecule has 0 spiro atoms. The Labute approximate surface area is 127 Å². The zero-order chi connectivity index (χ0) is 15.6. The lowest BCUT2D eigenvalue weighted by molar-refractivity contribution is -0.143. The molecular weight excluding hydrogens is 294 g/mol. The molecule has 0 saturated carbocycles. The van der Waals surface area contributed by atoms with Gasteiger partial charge in [0.1, 0.15) is 0 Å². The minimum absolute atomic E-state index is 0.216. The third kappa shape index (κ3) is 3.08. The number of carbonyl (C=O) groups excluding carboxylic acids is 3. The van der Waals surface area contributed by atoms with Gasteiger partial charge in [0.15, 0.2) is 0 Å². The first-order valence-corrected chi connectivity index (χ1v) is 7.15. The molecule has 6 heteroatoms. The second-order valence-electron chi connectivity index (χ2n) is 4.81. The van der Waals surface area contributed by atoms with Gasteiger partial charge < -0.3 is 9.64 Å². The number of halogens is 1.